The van der Waals surface area contributed by atoms with Crippen molar-refractivity contribution in [2.75, 3.05) is 5.73 Å². The fourth-order valence-electron chi connectivity index (χ4n) is 2.06. The molecule has 0 saturated carbocycles. The van der Waals surface area contributed by atoms with Gasteiger partial charge < -0.3 is 10.5 Å². The van der Waals surface area contributed by atoms with Crippen LogP contribution in [0.1, 0.15) is 5.56 Å². The highest BCUT2D eigenvalue weighted by atomic mass is 35.5. The van der Waals surface area contributed by atoms with Gasteiger partial charge in [-0.3, -0.25) is 4.98 Å². The molecule has 0 spiro atoms. The van der Waals surface area contributed by atoms with Gasteiger partial charge in [-0.25, -0.2) is 0 Å². The summed E-state index contributed by atoms with van der Waals surface area (Å²) in [5.74, 6) is 1.33. The molecule has 0 aliphatic carbocycles. The molecular formula is C16H13ClN2O. The Hall–Kier alpha value is -2.26. The number of anilines is 1. The summed E-state index contributed by atoms with van der Waals surface area (Å²) in [5, 5.41) is 2.55. The lowest BCUT2D eigenvalue weighted by atomic mass is 10.1. The zero-order chi connectivity index (χ0) is 14.1. The van der Waals surface area contributed by atoms with Crippen molar-refractivity contribution in [2.24, 2.45) is 0 Å². The Labute approximate surface area is 122 Å². The molecule has 2 N–H and O–H groups in total. The lowest BCUT2D eigenvalue weighted by Gasteiger charge is -2.12. The van der Waals surface area contributed by atoms with Crippen LogP contribution in [0.25, 0.3) is 10.8 Å². The minimum atomic E-state index is 0.601. The Bertz CT molecular complexity index is 787. The van der Waals surface area contributed by atoms with Gasteiger partial charge in [0.05, 0.1) is 5.69 Å². The van der Waals surface area contributed by atoms with Crippen molar-refractivity contribution in [1.29, 1.82) is 0 Å². The van der Waals surface area contributed by atoms with Gasteiger partial charge in [-0.1, -0.05) is 17.7 Å². The Morgan fingerprint density at radius 2 is 1.95 bits per heavy atom. The molecule has 1 aromatic heterocycles. The third kappa shape index (κ3) is 2.28. The van der Waals surface area contributed by atoms with Crippen molar-refractivity contribution in [3.8, 4) is 11.5 Å². The van der Waals surface area contributed by atoms with E-state index in [1.165, 1.54) is 0 Å². The van der Waals surface area contributed by atoms with E-state index >= 15 is 0 Å². The van der Waals surface area contributed by atoms with E-state index in [0.717, 1.165) is 16.3 Å². The van der Waals surface area contributed by atoms with E-state index < -0.39 is 0 Å². The number of nitrogens with zero attached hydrogens (tertiary/aromatic N) is 1. The predicted octanol–water partition coefficient (Wildman–Crippen LogP) is 4.57. The van der Waals surface area contributed by atoms with Crippen molar-refractivity contribution >= 4 is 28.1 Å². The second kappa shape index (κ2) is 5.02. The molecule has 3 nitrogen and oxygen atoms in total. The Morgan fingerprint density at radius 3 is 2.80 bits per heavy atom. The second-order valence-electron chi connectivity index (χ2n) is 4.59. The third-order valence-electron chi connectivity index (χ3n) is 3.19. The molecule has 100 valence electrons. The van der Waals surface area contributed by atoms with Gasteiger partial charge in [0.15, 0.2) is 5.75 Å². The fraction of sp³-hybridized carbons (Fsp3) is 0.0625. The number of halogens is 1. The first-order chi connectivity index (χ1) is 9.65. The highest BCUT2D eigenvalue weighted by Gasteiger charge is 2.08. The van der Waals surface area contributed by atoms with Crippen LogP contribution < -0.4 is 10.5 Å². The number of aromatic nitrogens is 1. The number of benzene rings is 2. The summed E-state index contributed by atoms with van der Waals surface area (Å²) in [5.41, 5.74) is 7.77. The molecule has 20 heavy (non-hydrogen) atoms. The van der Waals surface area contributed by atoms with E-state index in [0.29, 0.717) is 22.2 Å². The number of hydrogen-bond donors (Lipinski definition) is 1. The molecule has 0 amide bonds. The largest absolute Gasteiger partial charge is 0.455 e. The lowest BCUT2D eigenvalue weighted by molar-refractivity contribution is 0.482. The number of hydrogen-bond acceptors (Lipinski definition) is 3. The average molecular weight is 285 g/mol. The predicted molar refractivity (Wildman–Crippen MR) is 82.4 cm³/mol. The minimum Gasteiger partial charge on any atom is -0.455 e. The summed E-state index contributed by atoms with van der Waals surface area (Å²) < 4.78 is 5.90. The Kier molecular flexibility index (Phi) is 3.20. The van der Waals surface area contributed by atoms with E-state index in [9.17, 15) is 0 Å². The molecule has 0 fully saturated rings. The van der Waals surface area contributed by atoms with Crippen molar-refractivity contribution in [2.45, 2.75) is 6.92 Å². The molecule has 3 rings (SSSR count). The first kappa shape index (κ1) is 12.8. The summed E-state index contributed by atoms with van der Waals surface area (Å²) in [6.45, 7) is 1.97. The highest BCUT2D eigenvalue weighted by molar-refractivity contribution is 6.30. The highest BCUT2D eigenvalue weighted by Crippen LogP contribution is 2.35. The van der Waals surface area contributed by atoms with Gasteiger partial charge in [0.1, 0.15) is 5.75 Å². The molecule has 0 aliphatic heterocycles. The van der Waals surface area contributed by atoms with E-state index in [2.05, 4.69) is 4.98 Å². The number of fused-ring (bicyclic) bond motifs is 1. The number of ether oxygens (including phenoxy) is 1. The standard InChI is InChI=1S/C16H13ClN2O/c1-10-2-4-12(17)8-15(10)20-14-5-3-11-9-19-7-6-13(11)16(14)18/h2-9H,18H2,1H3. The molecule has 0 saturated heterocycles. The first-order valence-corrected chi connectivity index (χ1v) is 6.59. The van der Waals surface area contributed by atoms with Crippen molar-refractivity contribution < 1.29 is 4.74 Å². The summed E-state index contributed by atoms with van der Waals surface area (Å²) in [6.07, 6.45) is 3.49. The second-order valence-corrected chi connectivity index (χ2v) is 5.02. The molecule has 0 bridgehead atoms. The number of nitrogens with two attached hydrogens (primary N) is 1. The molecule has 0 radical (unpaired) electrons. The Morgan fingerprint density at radius 1 is 1.10 bits per heavy atom. The van der Waals surface area contributed by atoms with Crippen LogP contribution in [-0.4, -0.2) is 4.98 Å². The summed E-state index contributed by atoms with van der Waals surface area (Å²) >= 11 is 6.00. The summed E-state index contributed by atoms with van der Waals surface area (Å²) in [7, 11) is 0. The van der Waals surface area contributed by atoms with Gasteiger partial charge in [-0.05, 0) is 42.8 Å². The van der Waals surface area contributed by atoms with Crippen LogP contribution in [0.3, 0.4) is 0 Å². The molecule has 0 atom stereocenters. The van der Waals surface area contributed by atoms with Gasteiger partial charge in [-0.15, -0.1) is 0 Å². The SMILES string of the molecule is Cc1ccc(Cl)cc1Oc1ccc2cnccc2c1N. The molecule has 3 aromatic rings. The normalized spacial score (nSPS) is 10.7. The summed E-state index contributed by atoms with van der Waals surface area (Å²) in [4.78, 5) is 4.08. The van der Waals surface area contributed by atoms with E-state index in [-0.39, 0.29) is 0 Å². The van der Waals surface area contributed by atoms with Crippen LogP contribution >= 0.6 is 11.6 Å². The average Bonchev–Trinajstić information content (AvgIpc) is 2.46. The number of pyridine rings is 1. The van der Waals surface area contributed by atoms with Crippen LogP contribution in [0.2, 0.25) is 5.02 Å². The topological polar surface area (TPSA) is 48.1 Å². The van der Waals surface area contributed by atoms with Crippen LogP contribution in [0.4, 0.5) is 5.69 Å². The van der Waals surface area contributed by atoms with Crippen LogP contribution in [0.5, 0.6) is 11.5 Å². The minimum absolute atomic E-state index is 0.601. The van der Waals surface area contributed by atoms with Crippen LogP contribution in [-0.2, 0) is 0 Å². The molecule has 1 heterocycles. The monoisotopic (exact) mass is 284 g/mol. The molecular weight excluding hydrogens is 272 g/mol. The van der Waals surface area contributed by atoms with Gasteiger partial charge in [0, 0.05) is 28.2 Å². The van der Waals surface area contributed by atoms with Gasteiger partial charge >= 0.3 is 0 Å². The third-order valence-corrected chi connectivity index (χ3v) is 3.43. The smallest absolute Gasteiger partial charge is 0.150 e. The van der Waals surface area contributed by atoms with Gasteiger partial charge in [0.25, 0.3) is 0 Å². The molecule has 0 aliphatic rings. The molecule has 4 heteroatoms. The summed E-state index contributed by atoms with van der Waals surface area (Å²) in [6, 6.07) is 11.2. The number of aryl methyl sites for hydroxylation is 1. The van der Waals surface area contributed by atoms with Crippen molar-refractivity contribution in [3.05, 3.63) is 59.4 Å². The van der Waals surface area contributed by atoms with Crippen LogP contribution in [0.15, 0.2) is 48.8 Å². The van der Waals surface area contributed by atoms with E-state index in [4.69, 9.17) is 22.1 Å². The lowest BCUT2D eigenvalue weighted by Crippen LogP contribution is -1.95. The van der Waals surface area contributed by atoms with Crippen molar-refractivity contribution in [3.63, 3.8) is 0 Å². The maximum absolute atomic E-state index is 6.17. The van der Waals surface area contributed by atoms with E-state index in [1.807, 2.05) is 37.3 Å². The fourth-order valence-corrected chi connectivity index (χ4v) is 2.23. The number of nitrogen functional groups attached to an aromatic ring is 1. The first-order valence-electron chi connectivity index (χ1n) is 6.21. The van der Waals surface area contributed by atoms with Gasteiger partial charge in [-0.2, -0.15) is 0 Å². The maximum atomic E-state index is 6.17. The van der Waals surface area contributed by atoms with Gasteiger partial charge in [0.2, 0.25) is 0 Å². The quantitative estimate of drug-likeness (QED) is 0.701. The van der Waals surface area contributed by atoms with Crippen molar-refractivity contribution in [1.82, 2.24) is 4.98 Å². The van der Waals surface area contributed by atoms with E-state index in [1.54, 1.807) is 18.5 Å². The molecule has 0 unspecified atom stereocenters. The maximum Gasteiger partial charge on any atom is 0.150 e. The van der Waals surface area contributed by atoms with Crippen LogP contribution in [0, 0.1) is 6.92 Å². The Balaban J connectivity index is 2.07. The zero-order valence-corrected chi connectivity index (χ0v) is 11.7. The molecule has 2 aromatic carbocycles. The number of rotatable bonds is 2. The zero-order valence-electron chi connectivity index (χ0n) is 10.9.